The van der Waals surface area contributed by atoms with Crippen LogP contribution in [0.5, 0.6) is 0 Å². The van der Waals surface area contributed by atoms with Gasteiger partial charge in [0, 0.05) is 15.4 Å². The topological polar surface area (TPSA) is 38.7 Å². The number of halogens is 2. The van der Waals surface area contributed by atoms with Gasteiger partial charge in [-0.05, 0) is 60.6 Å². The van der Waals surface area contributed by atoms with Crippen molar-refractivity contribution < 1.29 is 9.63 Å². The van der Waals surface area contributed by atoms with Gasteiger partial charge < -0.3 is 4.84 Å². The fourth-order valence-corrected chi connectivity index (χ4v) is 3.41. The fraction of sp³-hybridized carbons (Fsp3) is 0.300. The van der Waals surface area contributed by atoms with Gasteiger partial charge in [0.2, 0.25) is 0 Å². The van der Waals surface area contributed by atoms with E-state index < -0.39 is 0 Å². The maximum Gasteiger partial charge on any atom is 0.338 e. The Morgan fingerprint density at radius 1 is 1.08 bits per heavy atom. The molecule has 2 fully saturated rings. The van der Waals surface area contributed by atoms with Gasteiger partial charge in [0.25, 0.3) is 0 Å². The monoisotopic (exact) mass is 417 g/mol. The lowest BCUT2D eigenvalue weighted by Gasteiger charge is -2.07. The Balaban J connectivity index is 1.57. The van der Waals surface area contributed by atoms with Gasteiger partial charge in [-0.1, -0.05) is 57.0 Å². The third-order valence-corrected chi connectivity index (χ3v) is 5.51. The molecule has 2 aliphatic rings. The maximum absolute atomic E-state index is 11.9. The molecular weight excluding hydrogens is 402 g/mol. The standard InChI is InChI=1S/C20H17BrClNO2/c21-15-7-3-13(4-8-15)19(23-25-20(24)14-1-2-14)18-11-17(18)12-5-9-16(22)10-6-12/h3-10,14,17-18H,1-2,11H2/b23-19-/t17-,18-/m1/s1. The molecule has 25 heavy (non-hydrogen) atoms. The predicted octanol–water partition coefficient (Wildman–Crippen LogP) is 5.56. The van der Waals surface area contributed by atoms with Crippen molar-refractivity contribution >= 4 is 39.2 Å². The van der Waals surface area contributed by atoms with Crippen LogP contribution in [0.25, 0.3) is 0 Å². The first kappa shape index (κ1) is 16.8. The van der Waals surface area contributed by atoms with Crippen LogP contribution in [0.15, 0.2) is 58.2 Å². The molecule has 0 bridgehead atoms. The number of oxime groups is 1. The number of rotatable bonds is 5. The lowest BCUT2D eigenvalue weighted by atomic mass is 10.0. The summed E-state index contributed by atoms with van der Waals surface area (Å²) in [4.78, 5) is 17.1. The normalized spacial score (nSPS) is 22.6. The maximum atomic E-state index is 11.9. The van der Waals surface area contributed by atoms with Crippen LogP contribution in [0.1, 0.15) is 36.3 Å². The van der Waals surface area contributed by atoms with Gasteiger partial charge in [0.15, 0.2) is 0 Å². The zero-order chi connectivity index (χ0) is 17.4. The van der Waals surface area contributed by atoms with E-state index in [1.807, 2.05) is 36.4 Å². The highest BCUT2D eigenvalue weighted by molar-refractivity contribution is 9.10. The van der Waals surface area contributed by atoms with E-state index in [9.17, 15) is 4.79 Å². The summed E-state index contributed by atoms with van der Waals surface area (Å²) in [5.74, 6) is 0.480. The van der Waals surface area contributed by atoms with E-state index in [1.165, 1.54) is 5.56 Å². The van der Waals surface area contributed by atoms with E-state index >= 15 is 0 Å². The summed E-state index contributed by atoms with van der Waals surface area (Å²) in [5, 5.41) is 5.00. The average Bonchev–Trinajstić information content (AvgIpc) is 3.51. The third kappa shape index (κ3) is 3.96. The Morgan fingerprint density at radius 3 is 2.40 bits per heavy atom. The second-order valence-electron chi connectivity index (χ2n) is 6.67. The number of nitrogens with zero attached hydrogens (tertiary/aromatic N) is 1. The molecule has 3 nitrogen and oxygen atoms in total. The molecule has 0 amide bonds. The number of carbonyl (C=O) groups excluding carboxylic acids is 1. The Kier molecular flexibility index (Phi) is 4.65. The van der Waals surface area contributed by atoms with Crippen molar-refractivity contribution in [3.8, 4) is 0 Å². The summed E-state index contributed by atoms with van der Waals surface area (Å²) in [6.45, 7) is 0. The smallest absolute Gasteiger partial charge is 0.318 e. The number of carbonyl (C=O) groups is 1. The van der Waals surface area contributed by atoms with Gasteiger partial charge in [-0.2, -0.15) is 0 Å². The first-order chi connectivity index (χ1) is 12.1. The molecule has 0 aliphatic heterocycles. The van der Waals surface area contributed by atoms with Crippen LogP contribution in [0, 0.1) is 11.8 Å². The van der Waals surface area contributed by atoms with Crippen LogP contribution in [0.3, 0.4) is 0 Å². The molecule has 4 rings (SSSR count). The van der Waals surface area contributed by atoms with Crippen molar-refractivity contribution in [1.82, 2.24) is 0 Å². The van der Waals surface area contributed by atoms with Gasteiger partial charge in [-0.3, -0.25) is 0 Å². The molecular formula is C20H17BrClNO2. The second kappa shape index (κ2) is 6.93. The first-order valence-corrected chi connectivity index (χ1v) is 9.59. The highest BCUT2D eigenvalue weighted by Gasteiger charge is 2.43. The molecule has 0 spiro atoms. The molecule has 0 heterocycles. The van der Waals surface area contributed by atoms with Gasteiger partial charge in [0.05, 0.1) is 11.6 Å². The van der Waals surface area contributed by atoms with Crippen molar-refractivity contribution in [1.29, 1.82) is 0 Å². The molecule has 2 atom stereocenters. The molecule has 5 heteroatoms. The Morgan fingerprint density at radius 2 is 1.76 bits per heavy atom. The lowest BCUT2D eigenvalue weighted by molar-refractivity contribution is -0.145. The zero-order valence-electron chi connectivity index (χ0n) is 13.5. The molecule has 0 unspecified atom stereocenters. The lowest BCUT2D eigenvalue weighted by Crippen LogP contribution is -2.10. The van der Waals surface area contributed by atoms with E-state index in [2.05, 4.69) is 33.2 Å². The molecule has 0 saturated heterocycles. The van der Waals surface area contributed by atoms with Crippen LogP contribution in [0.2, 0.25) is 5.02 Å². The number of hydrogen-bond acceptors (Lipinski definition) is 3. The summed E-state index contributed by atoms with van der Waals surface area (Å²) in [7, 11) is 0. The van der Waals surface area contributed by atoms with Crippen molar-refractivity contribution in [2.45, 2.75) is 25.2 Å². The number of benzene rings is 2. The molecule has 2 saturated carbocycles. The van der Waals surface area contributed by atoms with Gasteiger partial charge in [-0.15, -0.1) is 0 Å². The van der Waals surface area contributed by atoms with Crippen molar-refractivity contribution in [3.63, 3.8) is 0 Å². The largest absolute Gasteiger partial charge is 0.338 e. The van der Waals surface area contributed by atoms with Crippen LogP contribution < -0.4 is 0 Å². The molecule has 0 radical (unpaired) electrons. The summed E-state index contributed by atoms with van der Waals surface area (Å²) < 4.78 is 1.01. The minimum absolute atomic E-state index is 0.0428. The molecule has 128 valence electrons. The Hall–Kier alpha value is -1.65. The molecule has 0 aromatic heterocycles. The Bertz CT molecular complexity index is 813. The predicted molar refractivity (Wildman–Crippen MR) is 102 cm³/mol. The van der Waals surface area contributed by atoms with Crippen LogP contribution in [0.4, 0.5) is 0 Å². The minimum atomic E-state index is -0.210. The van der Waals surface area contributed by atoms with E-state index in [0.717, 1.165) is 40.0 Å². The Labute approximate surface area is 160 Å². The molecule has 0 N–H and O–H groups in total. The minimum Gasteiger partial charge on any atom is -0.318 e. The summed E-state index contributed by atoms with van der Waals surface area (Å²) in [6.07, 6.45) is 2.83. The highest BCUT2D eigenvalue weighted by atomic mass is 79.9. The van der Waals surface area contributed by atoms with Crippen molar-refractivity contribution in [2.75, 3.05) is 0 Å². The first-order valence-electron chi connectivity index (χ1n) is 8.42. The molecule has 2 aromatic carbocycles. The summed E-state index contributed by atoms with van der Waals surface area (Å²) >= 11 is 9.44. The van der Waals surface area contributed by atoms with Crippen LogP contribution >= 0.6 is 27.5 Å². The van der Waals surface area contributed by atoms with E-state index in [0.29, 0.717) is 5.92 Å². The fourth-order valence-electron chi connectivity index (χ4n) is 3.02. The molecule has 2 aliphatic carbocycles. The van der Waals surface area contributed by atoms with Gasteiger partial charge in [0.1, 0.15) is 0 Å². The van der Waals surface area contributed by atoms with E-state index in [1.54, 1.807) is 0 Å². The van der Waals surface area contributed by atoms with Gasteiger partial charge in [-0.25, -0.2) is 4.79 Å². The summed E-state index contributed by atoms with van der Waals surface area (Å²) in [6, 6.07) is 15.9. The van der Waals surface area contributed by atoms with Crippen LogP contribution in [-0.4, -0.2) is 11.7 Å². The highest BCUT2D eigenvalue weighted by Crippen LogP contribution is 2.49. The van der Waals surface area contributed by atoms with Crippen molar-refractivity contribution in [3.05, 3.63) is 69.2 Å². The quantitative estimate of drug-likeness (QED) is 0.362. The average molecular weight is 419 g/mol. The zero-order valence-corrected chi connectivity index (χ0v) is 15.8. The van der Waals surface area contributed by atoms with Crippen LogP contribution in [-0.2, 0) is 9.63 Å². The van der Waals surface area contributed by atoms with E-state index in [4.69, 9.17) is 16.4 Å². The SMILES string of the molecule is O=C(O/N=C(/c1ccc(Br)cc1)[C@@H]1C[C@@H]1c1ccc(Cl)cc1)C1CC1. The van der Waals surface area contributed by atoms with Gasteiger partial charge >= 0.3 is 5.97 Å². The third-order valence-electron chi connectivity index (χ3n) is 4.72. The molecule has 2 aromatic rings. The summed E-state index contributed by atoms with van der Waals surface area (Å²) in [5.41, 5.74) is 3.09. The number of hydrogen-bond donors (Lipinski definition) is 0. The van der Waals surface area contributed by atoms with Crippen molar-refractivity contribution in [2.24, 2.45) is 17.0 Å². The van der Waals surface area contributed by atoms with E-state index in [-0.39, 0.29) is 17.8 Å². The second-order valence-corrected chi connectivity index (χ2v) is 8.02.